The van der Waals surface area contributed by atoms with E-state index < -0.39 is 17.8 Å². The fraction of sp³-hybridized carbons (Fsp3) is 0.160. The van der Waals surface area contributed by atoms with Crippen LogP contribution in [0.2, 0.25) is 0 Å². The van der Waals surface area contributed by atoms with E-state index in [1.807, 2.05) is 47.0 Å². The molecule has 4 heterocycles. The number of benzene rings is 2. The molecule has 0 saturated carbocycles. The van der Waals surface area contributed by atoms with Crippen molar-refractivity contribution in [2.75, 3.05) is 17.2 Å². The van der Waals surface area contributed by atoms with E-state index in [0.717, 1.165) is 41.7 Å². The lowest BCUT2D eigenvalue weighted by molar-refractivity contribution is -0.140. The van der Waals surface area contributed by atoms with Crippen molar-refractivity contribution in [3.63, 3.8) is 0 Å². The lowest BCUT2D eigenvalue weighted by Gasteiger charge is -2.12. The summed E-state index contributed by atoms with van der Waals surface area (Å²) in [5, 5.41) is 6.10. The Morgan fingerprint density at radius 1 is 0.971 bits per heavy atom. The van der Waals surface area contributed by atoms with Gasteiger partial charge in [-0.3, -0.25) is 4.79 Å². The number of pyridine rings is 1. The number of halogens is 3. The van der Waals surface area contributed by atoms with Crippen LogP contribution in [0, 0.1) is 0 Å². The van der Waals surface area contributed by atoms with Crippen molar-refractivity contribution in [2.45, 2.75) is 19.3 Å². The maximum Gasteiger partial charge on any atom is 0.433 e. The highest BCUT2D eigenvalue weighted by atomic mass is 19.4. The molecule has 0 unspecified atom stereocenters. The van der Waals surface area contributed by atoms with E-state index in [0.29, 0.717) is 17.7 Å². The number of anilines is 2. The van der Waals surface area contributed by atoms with Crippen molar-refractivity contribution in [3.8, 4) is 0 Å². The number of hydrogen-bond donors (Lipinski definition) is 2. The predicted octanol–water partition coefficient (Wildman–Crippen LogP) is 5.13. The average Bonchev–Trinajstić information content (AvgIpc) is 3.52. The molecule has 0 bridgehead atoms. The molecule has 0 aliphatic carbocycles. The Kier molecular flexibility index (Phi) is 4.77. The van der Waals surface area contributed by atoms with E-state index >= 15 is 0 Å². The normalized spacial score (nSPS) is 13.2. The Bertz CT molecular complexity index is 1590. The highest BCUT2D eigenvalue weighted by Crippen LogP contribution is 2.31. The van der Waals surface area contributed by atoms with E-state index in [4.69, 9.17) is 0 Å². The second-order valence-corrected chi connectivity index (χ2v) is 8.37. The molecule has 10 heteroatoms. The second-order valence-electron chi connectivity index (χ2n) is 8.37. The summed E-state index contributed by atoms with van der Waals surface area (Å²) >= 11 is 0. The zero-order valence-electron chi connectivity index (χ0n) is 18.3. The fourth-order valence-corrected chi connectivity index (χ4v) is 4.46. The first-order valence-electron chi connectivity index (χ1n) is 11.0. The molecule has 0 spiro atoms. The van der Waals surface area contributed by atoms with Gasteiger partial charge in [-0.15, -0.1) is 0 Å². The number of fused-ring (bicyclic) bond motifs is 4. The lowest BCUT2D eigenvalue weighted by atomic mass is 10.2. The summed E-state index contributed by atoms with van der Waals surface area (Å²) < 4.78 is 43.5. The molecule has 6 rings (SSSR count). The zero-order chi connectivity index (χ0) is 24.2. The van der Waals surface area contributed by atoms with E-state index in [9.17, 15) is 18.0 Å². The molecule has 1 aliphatic heterocycles. The molecular weight excluding hydrogens is 457 g/mol. The van der Waals surface area contributed by atoms with Crippen molar-refractivity contribution in [2.24, 2.45) is 0 Å². The molecule has 1 aliphatic rings. The van der Waals surface area contributed by atoms with Gasteiger partial charge in [0.15, 0.2) is 0 Å². The van der Waals surface area contributed by atoms with Gasteiger partial charge in [0.25, 0.3) is 5.91 Å². The van der Waals surface area contributed by atoms with Crippen LogP contribution in [0.3, 0.4) is 0 Å². The Balaban J connectivity index is 1.40. The van der Waals surface area contributed by atoms with Crippen molar-refractivity contribution < 1.29 is 18.0 Å². The summed E-state index contributed by atoms with van der Waals surface area (Å²) in [6.45, 7) is 1.88. The van der Waals surface area contributed by atoms with Crippen LogP contribution in [-0.4, -0.2) is 31.6 Å². The van der Waals surface area contributed by atoms with Gasteiger partial charge in [0, 0.05) is 25.3 Å². The van der Waals surface area contributed by atoms with Gasteiger partial charge < -0.3 is 19.8 Å². The van der Waals surface area contributed by atoms with Crippen molar-refractivity contribution >= 4 is 39.6 Å². The summed E-state index contributed by atoms with van der Waals surface area (Å²) in [6.07, 6.45) is -4.58. The molecule has 0 radical (unpaired) electrons. The molecule has 2 N–H and O–H groups in total. The van der Waals surface area contributed by atoms with Crippen LogP contribution in [0.1, 0.15) is 21.7 Å². The number of nitrogens with one attached hydrogen (secondary N) is 2. The molecule has 1 amide bonds. The van der Waals surface area contributed by atoms with Crippen LogP contribution in [0.25, 0.3) is 22.1 Å². The fourth-order valence-electron chi connectivity index (χ4n) is 4.46. The Hall–Kier alpha value is -4.34. The minimum absolute atomic E-state index is 0.107. The monoisotopic (exact) mass is 476 g/mol. The first kappa shape index (κ1) is 21.2. The number of hydrogen-bond acceptors (Lipinski definition) is 4. The van der Waals surface area contributed by atoms with Gasteiger partial charge in [0.05, 0.1) is 22.1 Å². The summed E-state index contributed by atoms with van der Waals surface area (Å²) in [6, 6.07) is 18.5. The van der Waals surface area contributed by atoms with Crippen LogP contribution >= 0.6 is 0 Å². The summed E-state index contributed by atoms with van der Waals surface area (Å²) in [5.74, 6) is 0.351. The van der Waals surface area contributed by atoms with E-state index in [1.165, 1.54) is 12.1 Å². The molecule has 176 valence electrons. The topological polar surface area (TPSA) is 76.8 Å². The summed E-state index contributed by atoms with van der Waals surface area (Å²) in [4.78, 5) is 21.7. The van der Waals surface area contributed by atoms with E-state index in [-0.39, 0.29) is 11.2 Å². The van der Waals surface area contributed by atoms with Gasteiger partial charge in [0.2, 0.25) is 5.95 Å². The zero-order valence-corrected chi connectivity index (χ0v) is 18.3. The second kappa shape index (κ2) is 7.86. The van der Waals surface area contributed by atoms with Crippen LogP contribution in [0.4, 0.5) is 24.8 Å². The van der Waals surface area contributed by atoms with Gasteiger partial charge in [-0.25, -0.2) is 9.97 Å². The third-order valence-corrected chi connectivity index (χ3v) is 6.09. The number of aromatic nitrogens is 4. The maximum atomic E-state index is 13.4. The quantitative estimate of drug-likeness (QED) is 0.377. The SMILES string of the molecule is O=C(Nc1ccc2nc3n(c2c1)CCN3)c1cc2nc(C(F)(F)F)ccc2n1Cc1ccccc1. The van der Waals surface area contributed by atoms with Crippen molar-refractivity contribution in [3.05, 3.63) is 83.7 Å². The lowest BCUT2D eigenvalue weighted by Crippen LogP contribution is -2.17. The highest BCUT2D eigenvalue weighted by molar-refractivity contribution is 6.06. The Labute approximate surface area is 197 Å². The first-order valence-corrected chi connectivity index (χ1v) is 11.0. The number of imidazole rings is 1. The van der Waals surface area contributed by atoms with Gasteiger partial charge >= 0.3 is 6.18 Å². The number of carbonyl (C=O) groups is 1. The minimum Gasteiger partial charge on any atom is -0.354 e. The maximum absolute atomic E-state index is 13.4. The van der Waals surface area contributed by atoms with E-state index in [1.54, 1.807) is 10.6 Å². The van der Waals surface area contributed by atoms with Crippen LogP contribution in [0.5, 0.6) is 0 Å². The molecular formula is C25H19F3N6O. The largest absolute Gasteiger partial charge is 0.433 e. The molecule has 0 saturated heterocycles. The molecule has 7 nitrogen and oxygen atoms in total. The number of rotatable bonds is 4. The average molecular weight is 476 g/mol. The Morgan fingerprint density at radius 2 is 1.80 bits per heavy atom. The molecule has 2 aromatic carbocycles. The number of carbonyl (C=O) groups excluding carboxylic acids is 1. The Morgan fingerprint density at radius 3 is 2.60 bits per heavy atom. The number of alkyl halides is 3. The van der Waals surface area contributed by atoms with Crippen LogP contribution < -0.4 is 10.6 Å². The molecule has 35 heavy (non-hydrogen) atoms. The third-order valence-electron chi connectivity index (χ3n) is 6.09. The molecule has 0 fully saturated rings. The van der Waals surface area contributed by atoms with Crippen molar-refractivity contribution in [1.82, 2.24) is 19.1 Å². The predicted molar refractivity (Wildman–Crippen MR) is 126 cm³/mol. The van der Waals surface area contributed by atoms with Crippen LogP contribution in [-0.2, 0) is 19.3 Å². The number of nitrogens with zero attached hydrogens (tertiary/aromatic N) is 4. The molecule has 0 atom stereocenters. The minimum atomic E-state index is -4.58. The summed E-state index contributed by atoms with van der Waals surface area (Å²) in [7, 11) is 0. The van der Waals surface area contributed by atoms with Crippen molar-refractivity contribution in [1.29, 1.82) is 0 Å². The van der Waals surface area contributed by atoms with Gasteiger partial charge in [-0.05, 0) is 42.0 Å². The first-order chi connectivity index (χ1) is 16.9. The smallest absolute Gasteiger partial charge is 0.354 e. The highest BCUT2D eigenvalue weighted by Gasteiger charge is 2.33. The van der Waals surface area contributed by atoms with E-state index in [2.05, 4.69) is 20.6 Å². The van der Waals surface area contributed by atoms with Gasteiger partial charge in [-0.2, -0.15) is 13.2 Å². The number of amides is 1. The molecule has 3 aromatic heterocycles. The van der Waals surface area contributed by atoms with Gasteiger partial charge in [-0.1, -0.05) is 30.3 Å². The third kappa shape index (κ3) is 3.76. The molecule has 5 aromatic rings. The van der Waals surface area contributed by atoms with Gasteiger partial charge in [0.1, 0.15) is 11.4 Å². The summed E-state index contributed by atoms with van der Waals surface area (Å²) in [5.41, 5.74) is 2.95. The standard InChI is InChI=1S/C25H19F3N6O/c26-25(27,28)22-9-8-19-18(31-22)13-21(34(19)14-15-4-2-1-3-5-15)23(35)30-16-6-7-17-20(12-16)33-11-10-29-24(33)32-17/h1-9,12-13H,10-11,14H2,(H,29,32)(H,30,35). The van der Waals surface area contributed by atoms with Crippen LogP contribution in [0.15, 0.2) is 66.7 Å².